The third-order valence-corrected chi connectivity index (χ3v) is 12.8. The number of rotatable bonds is 41. The monoisotopic (exact) mass is 1610 g/mol. The summed E-state index contributed by atoms with van der Waals surface area (Å²) in [6, 6.07) is 74.6. The molecule has 25 nitrogen and oxygen atoms in total. The van der Waals surface area contributed by atoms with Crippen LogP contribution in [0.15, 0.2) is 342 Å². The van der Waals surface area contributed by atoms with Crippen LogP contribution in [-0.4, -0.2) is 165 Å². The second kappa shape index (κ2) is 68.6. The molecule has 8 aromatic carbocycles. The summed E-state index contributed by atoms with van der Waals surface area (Å²) < 4.78 is 80.6. The van der Waals surface area contributed by atoms with Crippen LogP contribution in [0.1, 0.15) is 20.8 Å². The van der Waals surface area contributed by atoms with Crippen LogP contribution >= 0.6 is 0 Å². The molecule has 0 radical (unpaired) electrons. The van der Waals surface area contributed by atoms with Gasteiger partial charge in [-0.1, -0.05) is 198 Å². The Bertz CT molecular complexity index is 3670. The highest BCUT2D eigenvalue weighted by atomic mass is 16.6. The van der Waals surface area contributed by atoms with Gasteiger partial charge >= 0.3 is 47.8 Å². The number of para-hydroxylation sites is 8. The van der Waals surface area contributed by atoms with Crippen molar-refractivity contribution in [2.24, 2.45) is 0 Å². The van der Waals surface area contributed by atoms with Gasteiger partial charge in [0.15, 0.2) is 0 Å². The molecule has 0 heterocycles. The highest BCUT2D eigenvalue weighted by Gasteiger charge is 2.09. The van der Waals surface area contributed by atoms with E-state index in [1.807, 2.05) is 231 Å². The van der Waals surface area contributed by atoms with E-state index < -0.39 is 36.0 Å². The van der Waals surface area contributed by atoms with Crippen LogP contribution in [0.2, 0.25) is 0 Å². The molecule has 0 aliphatic heterocycles. The normalized spacial score (nSPS) is 9.57. The summed E-state index contributed by atoms with van der Waals surface area (Å²) in [6.45, 7) is 35.7. The molecule has 0 bridgehead atoms. The summed E-state index contributed by atoms with van der Waals surface area (Å²) in [6.07, 6.45) is 4.71. The molecule has 1 unspecified atom stereocenters. The average molecular weight is 1610 g/mol. The first-order chi connectivity index (χ1) is 56.6. The molecule has 0 saturated heterocycles. The van der Waals surface area contributed by atoms with Crippen LogP contribution in [0.25, 0.3) is 0 Å². The lowest BCUT2D eigenvalue weighted by Gasteiger charge is -2.11. The molecule has 0 spiro atoms. The van der Waals surface area contributed by atoms with Gasteiger partial charge in [-0.2, -0.15) is 0 Å². The molecule has 622 valence electrons. The molecule has 0 saturated carbocycles. The fourth-order valence-corrected chi connectivity index (χ4v) is 7.31. The van der Waals surface area contributed by atoms with Crippen molar-refractivity contribution in [1.29, 1.82) is 0 Å². The van der Waals surface area contributed by atoms with Crippen molar-refractivity contribution in [2.75, 3.05) is 106 Å². The number of carbonyl (C=O) groups is 8. The minimum Gasteiger partial charge on any atom is -0.491 e. The van der Waals surface area contributed by atoms with Crippen molar-refractivity contribution in [1.82, 2.24) is 0 Å². The molecule has 117 heavy (non-hydrogen) atoms. The Hall–Kier alpha value is -14.2. The van der Waals surface area contributed by atoms with E-state index in [1.54, 1.807) is 32.9 Å². The summed E-state index contributed by atoms with van der Waals surface area (Å²) in [5.74, 6) is 2.61. The number of hydrogen-bond donors (Lipinski definition) is 1. The second-order valence-electron chi connectivity index (χ2n) is 22.5. The van der Waals surface area contributed by atoms with Gasteiger partial charge in [-0.25, -0.2) is 38.4 Å². The Labute approximate surface area is 684 Å². The van der Waals surface area contributed by atoms with Gasteiger partial charge in [-0.3, -0.25) is 0 Å². The fraction of sp³-hybridized carbons (Fsp3) is 0.217. The van der Waals surface area contributed by atoms with Gasteiger partial charge < -0.3 is 80.9 Å². The Kier molecular flexibility index (Phi) is 59.1. The molecular formula is C92H104O25. The molecule has 8 aromatic rings. The lowest BCUT2D eigenvalue weighted by molar-refractivity contribution is -0.141. The molecular weight excluding hydrogens is 1500 g/mol. The van der Waals surface area contributed by atoms with E-state index >= 15 is 0 Å². The van der Waals surface area contributed by atoms with Crippen LogP contribution in [0.5, 0.6) is 46.0 Å². The van der Waals surface area contributed by atoms with E-state index in [0.717, 1.165) is 70.6 Å². The first-order valence-corrected chi connectivity index (χ1v) is 36.2. The van der Waals surface area contributed by atoms with Crippen molar-refractivity contribution in [3.63, 3.8) is 0 Å². The highest BCUT2D eigenvalue weighted by molar-refractivity contribution is 5.88. The minimum absolute atomic E-state index is 0.0778. The smallest absolute Gasteiger partial charge is 0.333 e. The van der Waals surface area contributed by atoms with Crippen molar-refractivity contribution in [3.8, 4) is 46.0 Å². The Morgan fingerprint density at radius 3 is 0.556 bits per heavy atom. The summed E-state index contributed by atoms with van der Waals surface area (Å²) in [5, 5.41) is 9.42. The zero-order valence-electron chi connectivity index (χ0n) is 66.3. The van der Waals surface area contributed by atoms with Crippen LogP contribution in [0.4, 0.5) is 0 Å². The van der Waals surface area contributed by atoms with E-state index in [9.17, 15) is 43.5 Å². The molecule has 0 amide bonds. The molecule has 0 aliphatic carbocycles. The van der Waals surface area contributed by atoms with Gasteiger partial charge in [0, 0.05) is 47.1 Å². The maximum atomic E-state index is 11.0. The summed E-state index contributed by atoms with van der Waals surface area (Å²) in [5.41, 5.74) is 1.19. The van der Waals surface area contributed by atoms with Crippen LogP contribution in [0, 0.1) is 0 Å². The van der Waals surface area contributed by atoms with E-state index in [-0.39, 0.29) is 77.4 Å². The van der Waals surface area contributed by atoms with E-state index in [4.69, 9.17) is 71.1 Å². The topological polar surface area (TPSA) is 304 Å². The molecule has 0 aliphatic rings. The molecule has 1 N–H and O–H groups in total. The Balaban J connectivity index is 0.000000669. The van der Waals surface area contributed by atoms with Crippen LogP contribution < -0.4 is 37.9 Å². The van der Waals surface area contributed by atoms with Crippen LogP contribution in [0.3, 0.4) is 0 Å². The van der Waals surface area contributed by atoms with Gasteiger partial charge in [-0.05, 0) is 118 Å². The van der Waals surface area contributed by atoms with Gasteiger partial charge in [-0.15, -0.1) is 0 Å². The number of hydrogen-bond acceptors (Lipinski definition) is 25. The van der Waals surface area contributed by atoms with Gasteiger partial charge in [0.05, 0.1) is 0 Å². The molecule has 1 atom stereocenters. The number of benzene rings is 8. The summed E-state index contributed by atoms with van der Waals surface area (Å²) >= 11 is 0. The van der Waals surface area contributed by atoms with Crippen molar-refractivity contribution in [2.45, 2.75) is 26.9 Å². The van der Waals surface area contributed by atoms with Crippen LogP contribution in [-0.2, 0) is 76.3 Å². The number of ether oxygens (including phenoxy) is 16. The Morgan fingerprint density at radius 1 is 0.239 bits per heavy atom. The molecule has 0 aromatic heterocycles. The predicted octanol–water partition coefficient (Wildman–Crippen LogP) is 14.9. The lowest BCUT2D eigenvalue weighted by Crippen LogP contribution is -2.24. The second-order valence-corrected chi connectivity index (χ2v) is 22.5. The van der Waals surface area contributed by atoms with E-state index in [0.29, 0.717) is 68.7 Å². The zero-order valence-corrected chi connectivity index (χ0v) is 66.3. The standard InChI is InChI=1S/C12H14O4.3C12H14O3.4C11H12O3/c1-2-12(14)16-9-10(13)8-15-11-6-4-3-5-7-11;3*1-10(2)12(13)15-9-8-14-11-6-4-3-5-7-11;4*1-2-11(12)14-9-8-13-10-6-4-3-5-7-10/h2-7,10,13H,1,8-9H2;3*3-7H,1,8-9H2,2H3;4*2-7H,1,8-9H2. The fourth-order valence-electron chi connectivity index (χ4n) is 7.31. The number of carbonyl (C=O) groups excluding carboxylic acids is 8. The maximum Gasteiger partial charge on any atom is 0.333 e. The summed E-state index contributed by atoms with van der Waals surface area (Å²) in [7, 11) is 0. The maximum absolute atomic E-state index is 11.0. The van der Waals surface area contributed by atoms with Crippen molar-refractivity contribution >= 4 is 47.8 Å². The summed E-state index contributed by atoms with van der Waals surface area (Å²) in [4.78, 5) is 86.1. The molecule has 0 fully saturated rings. The number of esters is 8. The number of aliphatic hydroxyl groups excluding tert-OH is 1. The highest BCUT2D eigenvalue weighted by Crippen LogP contribution is 2.14. The predicted molar refractivity (Wildman–Crippen MR) is 445 cm³/mol. The lowest BCUT2D eigenvalue weighted by atomic mass is 10.3. The zero-order chi connectivity index (χ0) is 86.0. The first kappa shape index (κ1) is 101. The van der Waals surface area contributed by atoms with E-state index in [1.165, 1.54) is 0 Å². The minimum atomic E-state index is -0.843. The van der Waals surface area contributed by atoms with Gasteiger partial charge in [0.1, 0.15) is 158 Å². The molecule has 25 heteroatoms. The largest absolute Gasteiger partial charge is 0.491 e. The SMILES string of the molecule is C=C(C)C(=O)OCCOc1ccccc1.C=C(C)C(=O)OCCOc1ccccc1.C=C(C)C(=O)OCCOc1ccccc1.C=CC(=O)OCC(O)COc1ccccc1.C=CC(=O)OCCOc1ccccc1.C=CC(=O)OCCOc1ccccc1.C=CC(=O)OCCOc1ccccc1.C=CC(=O)OCCOc1ccccc1. The quantitative estimate of drug-likeness (QED) is 0.0161. The third-order valence-electron chi connectivity index (χ3n) is 12.8. The van der Waals surface area contributed by atoms with Crippen molar-refractivity contribution in [3.05, 3.63) is 342 Å². The Morgan fingerprint density at radius 2 is 0.393 bits per heavy atom. The first-order valence-electron chi connectivity index (χ1n) is 36.2. The average Bonchev–Trinajstić information content (AvgIpc) is 1.14. The molecule has 8 rings (SSSR count). The van der Waals surface area contributed by atoms with Gasteiger partial charge in [0.2, 0.25) is 0 Å². The third kappa shape index (κ3) is 59.3. The van der Waals surface area contributed by atoms with Gasteiger partial charge in [0.25, 0.3) is 0 Å². The van der Waals surface area contributed by atoms with E-state index in [2.05, 4.69) is 57.4 Å². The number of aliphatic hydroxyl groups is 1. The van der Waals surface area contributed by atoms with Crippen molar-refractivity contribution < 1.29 is 119 Å².